The van der Waals surface area contributed by atoms with Gasteiger partial charge in [-0.25, -0.2) is 0 Å². The number of piperidine rings is 1. The van der Waals surface area contributed by atoms with E-state index in [2.05, 4.69) is 32.6 Å². The first-order valence-corrected chi connectivity index (χ1v) is 6.86. The molecule has 2 nitrogen and oxygen atoms in total. The molecular formula is C14H28N2. The molecule has 1 aliphatic carbocycles. The number of hydrogen-bond acceptors (Lipinski definition) is 2. The second kappa shape index (κ2) is 3.99. The average Bonchev–Trinajstić information content (AvgIpc) is 2.47. The lowest BCUT2D eigenvalue weighted by molar-refractivity contribution is 0.0353. The van der Waals surface area contributed by atoms with Crippen molar-refractivity contribution >= 4 is 0 Å². The Balaban J connectivity index is 2.00. The predicted molar refractivity (Wildman–Crippen MR) is 69.4 cm³/mol. The topological polar surface area (TPSA) is 29.3 Å². The highest BCUT2D eigenvalue weighted by molar-refractivity contribution is 5.01. The van der Waals surface area contributed by atoms with Gasteiger partial charge in [-0.15, -0.1) is 0 Å². The molecule has 2 atom stereocenters. The van der Waals surface area contributed by atoms with Crippen LogP contribution in [0.25, 0.3) is 0 Å². The Morgan fingerprint density at radius 3 is 2.06 bits per heavy atom. The van der Waals surface area contributed by atoms with Crippen LogP contribution in [0.4, 0.5) is 0 Å². The molecule has 0 aromatic carbocycles. The summed E-state index contributed by atoms with van der Waals surface area (Å²) in [6.45, 7) is 11.8. The fraction of sp³-hybridized carbons (Fsp3) is 1.00. The third kappa shape index (κ3) is 2.02. The van der Waals surface area contributed by atoms with Gasteiger partial charge in [0.1, 0.15) is 0 Å². The van der Waals surface area contributed by atoms with Crippen molar-refractivity contribution in [3.63, 3.8) is 0 Å². The highest BCUT2D eigenvalue weighted by atomic mass is 15.2. The maximum Gasteiger partial charge on any atom is 0.0125 e. The van der Waals surface area contributed by atoms with Gasteiger partial charge in [0.05, 0.1) is 0 Å². The smallest absolute Gasteiger partial charge is 0.0125 e. The Morgan fingerprint density at radius 2 is 1.69 bits per heavy atom. The largest absolute Gasteiger partial charge is 0.327 e. The van der Waals surface area contributed by atoms with E-state index in [4.69, 9.17) is 5.73 Å². The Bertz CT molecular complexity index is 246. The summed E-state index contributed by atoms with van der Waals surface area (Å²) in [6.07, 6.45) is 5.34. The highest BCUT2D eigenvalue weighted by Gasteiger charge is 2.47. The van der Waals surface area contributed by atoms with Gasteiger partial charge in [0.25, 0.3) is 0 Å². The molecule has 0 bridgehead atoms. The summed E-state index contributed by atoms with van der Waals surface area (Å²) in [7, 11) is 0. The van der Waals surface area contributed by atoms with Gasteiger partial charge in [-0.2, -0.15) is 0 Å². The van der Waals surface area contributed by atoms with Crippen molar-refractivity contribution < 1.29 is 0 Å². The quantitative estimate of drug-likeness (QED) is 0.685. The van der Waals surface area contributed by atoms with Crippen LogP contribution in [0, 0.1) is 11.3 Å². The third-order valence-electron chi connectivity index (χ3n) is 5.13. The van der Waals surface area contributed by atoms with Crippen LogP contribution in [0.1, 0.15) is 53.4 Å². The molecule has 2 heteroatoms. The van der Waals surface area contributed by atoms with Gasteiger partial charge in [-0.05, 0) is 70.9 Å². The fourth-order valence-corrected chi connectivity index (χ4v) is 3.67. The number of nitrogens with zero attached hydrogens (tertiary/aromatic N) is 1. The first kappa shape index (κ1) is 12.4. The first-order chi connectivity index (χ1) is 7.35. The molecule has 16 heavy (non-hydrogen) atoms. The van der Waals surface area contributed by atoms with Crippen molar-refractivity contribution in [3.8, 4) is 0 Å². The number of hydrogen-bond donors (Lipinski definition) is 1. The third-order valence-corrected chi connectivity index (χ3v) is 5.13. The molecule has 0 aromatic rings. The van der Waals surface area contributed by atoms with Crippen LogP contribution in [0.3, 0.4) is 0 Å². The minimum atomic E-state index is 0.329. The highest BCUT2D eigenvalue weighted by Crippen LogP contribution is 2.48. The second-order valence-corrected chi connectivity index (χ2v) is 7.06. The molecule has 2 aliphatic rings. The standard InChI is InChI=1S/C14H28N2/c1-11-5-6-14(12(11)15)7-9-16(10-8-14)13(2,3)4/h11-12H,5-10,15H2,1-4H3/t11-,12-/m1/s1. The van der Waals surface area contributed by atoms with Gasteiger partial charge in [0.2, 0.25) is 0 Å². The maximum atomic E-state index is 6.42. The van der Waals surface area contributed by atoms with Crippen molar-refractivity contribution in [2.45, 2.75) is 65.0 Å². The summed E-state index contributed by atoms with van der Waals surface area (Å²) in [5.74, 6) is 0.737. The first-order valence-electron chi connectivity index (χ1n) is 6.86. The molecule has 0 aromatic heterocycles. The summed E-state index contributed by atoms with van der Waals surface area (Å²) in [4.78, 5) is 2.62. The van der Waals surface area contributed by atoms with Gasteiger partial charge in [-0.1, -0.05) is 6.92 Å². The van der Waals surface area contributed by atoms with Gasteiger partial charge in [0, 0.05) is 11.6 Å². The van der Waals surface area contributed by atoms with E-state index < -0.39 is 0 Å². The minimum Gasteiger partial charge on any atom is -0.327 e. The van der Waals surface area contributed by atoms with E-state index in [1.165, 1.54) is 38.8 Å². The molecular weight excluding hydrogens is 196 g/mol. The predicted octanol–water partition coefficient (Wildman–Crippen LogP) is 2.62. The van der Waals surface area contributed by atoms with E-state index >= 15 is 0 Å². The maximum absolute atomic E-state index is 6.42. The van der Waals surface area contributed by atoms with Crippen molar-refractivity contribution in [1.82, 2.24) is 4.90 Å². The molecule has 0 amide bonds. The Hall–Kier alpha value is -0.0800. The van der Waals surface area contributed by atoms with Gasteiger partial charge >= 0.3 is 0 Å². The molecule has 2 N–H and O–H groups in total. The molecule has 0 unspecified atom stereocenters. The molecule has 2 rings (SSSR count). The molecule has 1 saturated carbocycles. The van der Waals surface area contributed by atoms with Gasteiger partial charge in [0.15, 0.2) is 0 Å². The fourth-order valence-electron chi connectivity index (χ4n) is 3.67. The van der Waals surface area contributed by atoms with Crippen LogP contribution >= 0.6 is 0 Å². The van der Waals surface area contributed by atoms with Crippen LogP contribution in [-0.2, 0) is 0 Å². The lowest BCUT2D eigenvalue weighted by Gasteiger charge is -2.47. The Kier molecular flexibility index (Phi) is 3.09. The van der Waals surface area contributed by atoms with Gasteiger partial charge < -0.3 is 5.73 Å². The second-order valence-electron chi connectivity index (χ2n) is 7.06. The zero-order valence-electron chi connectivity index (χ0n) is 11.4. The van der Waals surface area contributed by atoms with E-state index in [1.54, 1.807) is 0 Å². The minimum absolute atomic E-state index is 0.329. The van der Waals surface area contributed by atoms with E-state index in [9.17, 15) is 0 Å². The molecule has 1 spiro atoms. The van der Waals surface area contributed by atoms with Crippen molar-refractivity contribution in [1.29, 1.82) is 0 Å². The van der Waals surface area contributed by atoms with E-state index in [0.717, 1.165) is 5.92 Å². The zero-order chi connectivity index (χ0) is 12.0. The van der Waals surface area contributed by atoms with Crippen LogP contribution in [0.15, 0.2) is 0 Å². The van der Waals surface area contributed by atoms with Crippen molar-refractivity contribution in [2.75, 3.05) is 13.1 Å². The summed E-state index contributed by atoms with van der Waals surface area (Å²) in [6, 6.07) is 0.453. The summed E-state index contributed by atoms with van der Waals surface area (Å²) in [5, 5.41) is 0. The molecule has 94 valence electrons. The van der Waals surface area contributed by atoms with Crippen molar-refractivity contribution in [3.05, 3.63) is 0 Å². The number of rotatable bonds is 0. The SMILES string of the molecule is C[C@@H]1CCC2(CCN(C(C)(C)C)CC2)[C@@H]1N. The monoisotopic (exact) mass is 224 g/mol. The molecule has 1 saturated heterocycles. The Morgan fingerprint density at radius 1 is 1.12 bits per heavy atom. The summed E-state index contributed by atoms with van der Waals surface area (Å²) in [5.41, 5.74) is 7.24. The normalized spacial score (nSPS) is 35.8. The lowest BCUT2D eigenvalue weighted by Crippen LogP contribution is -2.53. The molecule has 0 radical (unpaired) electrons. The molecule has 1 aliphatic heterocycles. The van der Waals surface area contributed by atoms with Gasteiger partial charge in [-0.3, -0.25) is 4.90 Å². The van der Waals surface area contributed by atoms with Crippen LogP contribution in [0.5, 0.6) is 0 Å². The molecule has 1 heterocycles. The van der Waals surface area contributed by atoms with E-state index in [0.29, 0.717) is 17.0 Å². The zero-order valence-corrected chi connectivity index (χ0v) is 11.4. The summed E-state index contributed by atoms with van der Waals surface area (Å²) < 4.78 is 0. The Labute approximate surface area is 101 Å². The van der Waals surface area contributed by atoms with Crippen molar-refractivity contribution in [2.24, 2.45) is 17.1 Å². The average molecular weight is 224 g/mol. The van der Waals surface area contributed by atoms with Crippen LogP contribution in [0.2, 0.25) is 0 Å². The number of likely N-dealkylation sites (tertiary alicyclic amines) is 1. The van der Waals surface area contributed by atoms with Crippen LogP contribution < -0.4 is 5.73 Å². The number of nitrogens with two attached hydrogens (primary N) is 1. The van der Waals surface area contributed by atoms with E-state index in [-0.39, 0.29) is 0 Å². The van der Waals surface area contributed by atoms with Crippen LogP contribution in [-0.4, -0.2) is 29.6 Å². The van der Waals surface area contributed by atoms with E-state index in [1.807, 2.05) is 0 Å². The summed E-state index contributed by atoms with van der Waals surface area (Å²) >= 11 is 0. The lowest BCUT2D eigenvalue weighted by atomic mass is 9.73. The molecule has 2 fully saturated rings.